The van der Waals surface area contributed by atoms with Gasteiger partial charge in [-0.15, -0.1) is 0 Å². The van der Waals surface area contributed by atoms with E-state index in [1.165, 1.54) is 16.8 Å². The second-order valence-electron chi connectivity index (χ2n) is 4.38. The van der Waals surface area contributed by atoms with E-state index in [1.54, 1.807) is 6.92 Å². The van der Waals surface area contributed by atoms with Crippen molar-refractivity contribution in [3.8, 4) is 0 Å². The van der Waals surface area contributed by atoms with E-state index in [9.17, 15) is 9.18 Å². The van der Waals surface area contributed by atoms with Crippen LogP contribution in [0.15, 0.2) is 23.1 Å². The number of pyridine rings is 1. The van der Waals surface area contributed by atoms with Gasteiger partial charge in [-0.05, 0) is 26.0 Å². The third kappa shape index (κ3) is 3.33. The number of halogens is 2. The zero-order chi connectivity index (χ0) is 14.7. The minimum absolute atomic E-state index is 0.111. The Morgan fingerprint density at radius 1 is 1.40 bits per heavy atom. The summed E-state index contributed by atoms with van der Waals surface area (Å²) in [5.74, 6) is -0.413. The molecule has 2 aromatic rings. The third-order valence-electron chi connectivity index (χ3n) is 2.78. The third-order valence-corrected chi connectivity index (χ3v) is 2.99. The van der Waals surface area contributed by atoms with E-state index >= 15 is 0 Å². The normalized spacial score (nSPS) is 10.6. The van der Waals surface area contributed by atoms with Crippen LogP contribution in [-0.4, -0.2) is 21.1 Å². The van der Waals surface area contributed by atoms with Crippen molar-refractivity contribution >= 4 is 17.4 Å². The summed E-state index contributed by atoms with van der Waals surface area (Å²) in [5.41, 5.74) is 1.18. The van der Waals surface area contributed by atoms with Gasteiger partial charge in [-0.25, -0.2) is 14.2 Å². The van der Waals surface area contributed by atoms with Crippen LogP contribution in [0.3, 0.4) is 0 Å². The lowest BCUT2D eigenvalue weighted by Crippen LogP contribution is -2.28. The minimum atomic E-state index is -0.524. The predicted molar refractivity (Wildman–Crippen MR) is 75.7 cm³/mol. The molecule has 0 amide bonds. The lowest BCUT2D eigenvalue weighted by Gasteiger charge is -2.11. The molecule has 2 heterocycles. The van der Waals surface area contributed by atoms with Crippen molar-refractivity contribution < 1.29 is 4.39 Å². The molecule has 0 aliphatic rings. The lowest BCUT2D eigenvalue weighted by molar-refractivity contribution is 0.616. The monoisotopic (exact) mass is 296 g/mol. The first kappa shape index (κ1) is 14.5. The number of aryl methyl sites for hydroxylation is 2. The van der Waals surface area contributed by atoms with E-state index in [-0.39, 0.29) is 16.5 Å². The molecule has 106 valence electrons. The molecule has 2 rings (SSSR count). The minimum Gasteiger partial charge on any atom is -0.366 e. The van der Waals surface area contributed by atoms with Crippen LogP contribution in [0.1, 0.15) is 11.4 Å². The van der Waals surface area contributed by atoms with E-state index in [1.807, 2.05) is 13.0 Å². The van der Waals surface area contributed by atoms with Gasteiger partial charge in [-0.2, -0.15) is 4.98 Å². The van der Waals surface area contributed by atoms with Crippen LogP contribution in [0.5, 0.6) is 0 Å². The molecule has 20 heavy (non-hydrogen) atoms. The molecule has 0 saturated carbocycles. The molecular formula is C13H14ClFN4O. The van der Waals surface area contributed by atoms with E-state index in [0.717, 1.165) is 5.69 Å². The molecule has 0 fully saturated rings. The molecule has 0 aromatic carbocycles. The van der Waals surface area contributed by atoms with Crippen LogP contribution in [-0.2, 0) is 6.54 Å². The average molecular weight is 297 g/mol. The van der Waals surface area contributed by atoms with Gasteiger partial charge in [0.15, 0.2) is 11.6 Å². The van der Waals surface area contributed by atoms with E-state index in [2.05, 4.69) is 15.3 Å². The van der Waals surface area contributed by atoms with E-state index in [4.69, 9.17) is 11.6 Å². The fourth-order valence-electron chi connectivity index (χ4n) is 1.88. The first-order chi connectivity index (χ1) is 9.47. The predicted octanol–water partition coefficient (Wildman–Crippen LogP) is 2.16. The number of hydrogen-bond acceptors (Lipinski definition) is 4. The van der Waals surface area contributed by atoms with Gasteiger partial charge in [0.05, 0.1) is 5.02 Å². The van der Waals surface area contributed by atoms with E-state index in [0.29, 0.717) is 18.8 Å². The van der Waals surface area contributed by atoms with Crippen LogP contribution < -0.4 is 11.0 Å². The van der Waals surface area contributed by atoms with Gasteiger partial charge in [-0.3, -0.25) is 4.57 Å². The first-order valence-electron chi connectivity index (χ1n) is 6.07. The maximum Gasteiger partial charge on any atom is 0.348 e. The van der Waals surface area contributed by atoms with Gasteiger partial charge in [0.1, 0.15) is 0 Å². The summed E-state index contributed by atoms with van der Waals surface area (Å²) in [6.07, 6.45) is 1.36. The molecule has 7 heteroatoms. The topological polar surface area (TPSA) is 59.8 Å². The highest BCUT2D eigenvalue weighted by molar-refractivity contribution is 6.30. The Kier molecular flexibility index (Phi) is 4.34. The molecule has 5 nitrogen and oxygen atoms in total. The lowest BCUT2D eigenvalue weighted by atomic mass is 10.3. The molecular weight excluding hydrogens is 283 g/mol. The zero-order valence-electron chi connectivity index (χ0n) is 11.2. The van der Waals surface area contributed by atoms with Crippen molar-refractivity contribution in [1.82, 2.24) is 14.5 Å². The second kappa shape index (κ2) is 6.00. The Hall–Kier alpha value is -1.95. The summed E-state index contributed by atoms with van der Waals surface area (Å²) in [7, 11) is 0. The fourth-order valence-corrected chi connectivity index (χ4v) is 2.02. The fraction of sp³-hybridized carbons (Fsp3) is 0.308. The van der Waals surface area contributed by atoms with E-state index < -0.39 is 5.82 Å². The molecule has 2 aromatic heterocycles. The molecule has 0 unspecified atom stereocenters. The molecule has 0 radical (unpaired) electrons. The van der Waals surface area contributed by atoms with Crippen LogP contribution >= 0.6 is 11.6 Å². The number of nitrogens with one attached hydrogen (secondary N) is 1. The van der Waals surface area contributed by atoms with Crippen LogP contribution in [0.25, 0.3) is 0 Å². The molecule has 0 spiro atoms. The highest BCUT2D eigenvalue weighted by Gasteiger charge is 2.06. The van der Waals surface area contributed by atoms with Gasteiger partial charge < -0.3 is 5.32 Å². The van der Waals surface area contributed by atoms with Gasteiger partial charge >= 0.3 is 5.69 Å². The SMILES string of the molecule is Cc1cc(C)n(CCNc2ncc(Cl)cc2F)c(=O)n1. The Balaban J connectivity index is 2.05. The summed E-state index contributed by atoms with van der Waals surface area (Å²) < 4.78 is 15.0. The maximum absolute atomic E-state index is 13.5. The Morgan fingerprint density at radius 2 is 2.15 bits per heavy atom. The van der Waals surface area contributed by atoms with Crippen molar-refractivity contribution in [2.75, 3.05) is 11.9 Å². The maximum atomic E-state index is 13.5. The average Bonchev–Trinajstić information content (AvgIpc) is 2.34. The summed E-state index contributed by atoms with van der Waals surface area (Å²) in [5, 5.41) is 3.06. The molecule has 0 bridgehead atoms. The number of nitrogens with zero attached hydrogens (tertiary/aromatic N) is 3. The van der Waals surface area contributed by atoms with Crippen molar-refractivity contribution in [1.29, 1.82) is 0 Å². The first-order valence-corrected chi connectivity index (χ1v) is 6.45. The molecule has 0 aliphatic carbocycles. The van der Waals surface area contributed by atoms with Gasteiger partial charge in [0.25, 0.3) is 0 Å². The van der Waals surface area contributed by atoms with Gasteiger partial charge in [0, 0.05) is 30.7 Å². The van der Waals surface area contributed by atoms with Crippen LogP contribution in [0.2, 0.25) is 5.02 Å². The van der Waals surface area contributed by atoms with Crippen molar-refractivity contribution in [2.45, 2.75) is 20.4 Å². The molecule has 0 aliphatic heterocycles. The Bertz CT molecular complexity index is 687. The Labute approximate surface area is 120 Å². The van der Waals surface area contributed by atoms with Crippen molar-refractivity contribution in [3.05, 3.63) is 51.0 Å². The summed E-state index contributed by atoms with van der Waals surface area (Å²) >= 11 is 5.62. The highest BCUT2D eigenvalue weighted by Crippen LogP contribution is 2.15. The summed E-state index contributed by atoms with van der Waals surface area (Å²) in [6.45, 7) is 4.33. The summed E-state index contributed by atoms with van der Waals surface area (Å²) in [6, 6.07) is 3.00. The smallest absolute Gasteiger partial charge is 0.348 e. The number of rotatable bonds is 4. The van der Waals surface area contributed by atoms with Crippen molar-refractivity contribution in [2.24, 2.45) is 0 Å². The quantitative estimate of drug-likeness (QED) is 0.939. The molecule has 0 saturated heterocycles. The van der Waals surface area contributed by atoms with Gasteiger partial charge in [0.2, 0.25) is 0 Å². The zero-order valence-corrected chi connectivity index (χ0v) is 11.9. The second-order valence-corrected chi connectivity index (χ2v) is 4.82. The Morgan fingerprint density at radius 3 is 2.80 bits per heavy atom. The number of anilines is 1. The summed E-state index contributed by atoms with van der Waals surface area (Å²) in [4.78, 5) is 19.4. The number of aromatic nitrogens is 3. The molecule has 0 atom stereocenters. The van der Waals surface area contributed by atoms with Gasteiger partial charge in [-0.1, -0.05) is 11.6 Å². The standard InChI is InChI=1S/C13H14ClFN4O/c1-8-5-9(2)19(13(20)18-8)4-3-16-12-11(15)6-10(14)7-17-12/h5-7H,3-4H2,1-2H3,(H,16,17). The van der Waals surface area contributed by atoms with Crippen LogP contribution in [0.4, 0.5) is 10.2 Å². The largest absolute Gasteiger partial charge is 0.366 e. The van der Waals surface area contributed by atoms with Crippen LogP contribution in [0, 0.1) is 19.7 Å². The highest BCUT2D eigenvalue weighted by atomic mass is 35.5. The number of hydrogen-bond donors (Lipinski definition) is 1. The molecule has 1 N–H and O–H groups in total. The van der Waals surface area contributed by atoms with Crippen molar-refractivity contribution in [3.63, 3.8) is 0 Å².